The molecule has 3 rings (SSSR count). The van der Waals surface area contributed by atoms with Crippen LogP contribution in [-0.2, 0) is 11.3 Å². The lowest BCUT2D eigenvalue weighted by atomic mass is 10.1. The van der Waals surface area contributed by atoms with Crippen LogP contribution in [0.3, 0.4) is 0 Å². The van der Waals surface area contributed by atoms with Gasteiger partial charge < -0.3 is 9.88 Å². The molecule has 0 bridgehead atoms. The normalized spacial score (nSPS) is 11.9. The van der Waals surface area contributed by atoms with E-state index in [4.69, 9.17) is 0 Å². The van der Waals surface area contributed by atoms with Crippen molar-refractivity contribution >= 4 is 17.7 Å². The van der Waals surface area contributed by atoms with E-state index in [-0.39, 0.29) is 11.2 Å². The number of rotatable bonds is 6. The molecule has 0 aliphatic rings. The molecule has 1 N–H and O–H groups in total. The summed E-state index contributed by atoms with van der Waals surface area (Å²) in [5.74, 6) is 0.956. The van der Waals surface area contributed by atoms with Gasteiger partial charge in [-0.2, -0.15) is 0 Å². The minimum atomic E-state index is -0.149. The molecule has 0 aliphatic heterocycles. The summed E-state index contributed by atoms with van der Waals surface area (Å²) in [6.45, 7) is 4.39. The fourth-order valence-electron chi connectivity index (χ4n) is 2.61. The quantitative estimate of drug-likeness (QED) is 0.684. The molecule has 0 aliphatic carbocycles. The number of hydrogen-bond donors (Lipinski definition) is 1. The van der Waals surface area contributed by atoms with E-state index in [1.807, 2.05) is 79.2 Å². The van der Waals surface area contributed by atoms with E-state index in [9.17, 15) is 4.79 Å². The lowest BCUT2D eigenvalue weighted by Crippen LogP contribution is -2.30. The molecule has 5 heteroatoms. The van der Waals surface area contributed by atoms with Crippen LogP contribution in [-0.4, -0.2) is 20.7 Å². The fourth-order valence-corrected chi connectivity index (χ4v) is 3.52. The number of imidazole rings is 1. The fraction of sp³-hybridized carbons (Fsp3) is 0.200. The van der Waals surface area contributed by atoms with Gasteiger partial charge in [-0.1, -0.05) is 36.4 Å². The third-order valence-electron chi connectivity index (χ3n) is 3.96. The third-order valence-corrected chi connectivity index (χ3v) is 5.07. The summed E-state index contributed by atoms with van der Waals surface area (Å²) in [5, 5.41) is 2.90. The van der Waals surface area contributed by atoms with Crippen LogP contribution in [0.25, 0.3) is 5.69 Å². The zero-order chi connectivity index (χ0) is 17.6. The summed E-state index contributed by atoms with van der Waals surface area (Å²) in [6.07, 6.45) is 3.72. The van der Waals surface area contributed by atoms with Crippen LogP contribution < -0.4 is 5.32 Å². The van der Waals surface area contributed by atoms with Crippen LogP contribution in [0, 0.1) is 6.92 Å². The first-order valence-electron chi connectivity index (χ1n) is 8.23. The summed E-state index contributed by atoms with van der Waals surface area (Å²) in [7, 11) is 0. The van der Waals surface area contributed by atoms with Crippen molar-refractivity contribution in [1.82, 2.24) is 14.9 Å². The average molecular weight is 351 g/mol. The van der Waals surface area contributed by atoms with Gasteiger partial charge in [-0.25, -0.2) is 4.98 Å². The van der Waals surface area contributed by atoms with Gasteiger partial charge in [0.25, 0.3) is 0 Å². The first-order valence-corrected chi connectivity index (χ1v) is 9.11. The highest BCUT2D eigenvalue weighted by Crippen LogP contribution is 2.23. The van der Waals surface area contributed by atoms with Crippen molar-refractivity contribution in [3.05, 3.63) is 78.4 Å². The molecule has 0 saturated carbocycles. The van der Waals surface area contributed by atoms with E-state index >= 15 is 0 Å². The summed E-state index contributed by atoms with van der Waals surface area (Å²) in [4.78, 5) is 17.8. The Kier molecular flexibility index (Phi) is 5.56. The predicted octanol–water partition coefficient (Wildman–Crippen LogP) is 3.98. The Morgan fingerprint density at radius 2 is 1.88 bits per heavy atom. The largest absolute Gasteiger partial charge is 0.351 e. The number of hydrogen-bond acceptors (Lipinski definition) is 3. The molecule has 3 aromatic rings. The van der Waals surface area contributed by atoms with Crippen LogP contribution >= 0.6 is 11.8 Å². The van der Waals surface area contributed by atoms with Crippen molar-refractivity contribution in [2.45, 2.75) is 30.5 Å². The second-order valence-corrected chi connectivity index (χ2v) is 7.18. The number of aromatic nitrogens is 2. The van der Waals surface area contributed by atoms with Crippen LogP contribution in [0.1, 0.15) is 18.3 Å². The van der Waals surface area contributed by atoms with Crippen molar-refractivity contribution < 1.29 is 4.79 Å². The topological polar surface area (TPSA) is 46.9 Å². The third kappa shape index (κ3) is 4.31. The number of para-hydroxylation sites is 1. The number of amides is 1. The highest BCUT2D eigenvalue weighted by molar-refractivity contribution is 8.00. The molecule has 0 radical (unpaired) electrons. The van der Waals surface area contributed by atoms with Gasteiger partial charge in [-0.3, -0.25) is 4.79 Å². The zero-order valence-electron chi connectivity index (χ0n) is 14.3. The molecule has 4 nitrogen and oxygen atoms in total. The predicted molar refractivity (Wildman–Crippen MR) is 102 cm³/mol. The Balaban J connectivity index is 1.66. The monoisotopic (exact) mass is 351 g/mol. The lowest BCUT2D eigenvalue weighted by molar-refractivity contribution is -0.120. The molecule has 1 aromatic heterocycles. The molecule has 1 amide bonds. The summed E-state index contributed by atoms with van der Waals surface area (Å²) in [5.41, 5.74) is 2.11. The van der Waals surface area contributed by atoms with Crippen molar-refractivity contribution in [3.8, 4) is 5.69 Å². The van der Waals surface area contributed by atoms with E-state index in [0.717, 1.165) is 22.0 Å². The van der Waals surface area contributed by atoms with Gasteiger partial charge in [-0.15, -0.1) is 11.8 Å². The van der Waals surface area contributed by atoms with E-state index in [1.54, 1.807) is 18.0 Å². The molecule has 0 unspecified atom stereocenters. The van der Waals surface area contributed by atoms with E-state index in [2.05, 4.69) is 10.3 Å². The van der Waals surface area contributed by atoms with Gasteiger partial charge in [0.1, 0.15) is 5.82 Å². The number of benzene rings is 2. The highest BCUT2D eigenvalue weighted by atomic mass is 32.2. The van der Waals surface area contributed by atoms with E-state index in [0.29, 0.717) is 6.54 Å². The number of carbonyl (C=O) groups excluding carboxylic acids is 1. The number of carbonyl (C=O) groups is 1. The SMILES string of the molecule is Cc1nccn1-c1ccccc1CNC(=O)[C@@H](C)Sc1ccccc1. The summed E-state index contributed by atoms with van der Waals surface area (Å²) >= 11 is 1.56. The first-order chi connectivity index (χ1) is 12.1. The number of thioether (sulfide) groups is 1. The molecule has 128 valence electrons. The van der Waals surface area contributed by atoms with Gasteiger partial charge in [0.2, 0.25) is 5.91 Å². The van der Waals surface area contributed by atoms with E-state index in [1.165, 1.54) is 0 Å². The molecule has 0 fully saturated rings. The van der Waals surface area contributed by atoms with Crippen LogP contribution in [0.4, 0.5) is 0 Å². The van der Waals surface area contributed by atoms with Crippen molar-refractivity contribution in [3.63, 3.8) is 0 Å². The van der Waals surface area contributed by atoms with Gasteiger partial charge in [0.15, 0.2) is 0 Å². The summed E-state index contributed by atoms with van der Waals surface area (Å²) < 4.78 is 2.03. The first kappa shape index (κ1) is 17.3. The average Bonchev–Trinajstić information content (AvgIpc) is 3.06. The standard InChI is InChI=1S/C20H21N3OS/c1-15(25-18-9-4-3-5-10-18)20(24)22-14-17-8-6-7-11-19(17)23-13-12-21-16(23)2/h3-13,15H,14H2,1-2H3,(H,22,24)/t15-/m1/s1. The Hall–Kier alpha value is -2.53. The Labute approximate surface area is 152 Å². The minimum Gasteiger partial charge on any atom is -0.351 e. The van der Waals surface area contributed by atoms with Crippen LogP contribution in [0.2, 0.25) is 0 Å². The van der Waals surface area contributed by atoms with Gasteiger partial charge in [0.05, 0.1) is 10.9 Å². The van der Waals surface area contributed by atoms with Crippen molar-refractivity contribution in [1.29, 1.82) is 0 Å². The Morgan fingerprint density at radius 1 is 1.16 bits per heavy atom. The number of nitrogens with zero attached hydrogens (tertiary/aromatic N) is 2. The maximum absolute atomic E-state index is 12.4. The smallest absolute Gasteiger partial charge is 0.233 e. The van der Waals surface area contributed by atoms with Crippen LogP contribution in [0.5, 0.6) is 0 Å². The molecule has 1 heterocycles. The molecule has 0 saturated heterocycles. The molecule has 0 spiro atoms. The second kappa shape index (κ2) is 8.03. The number of aryl methyl sites for hydroxylation is 1. The van der Waals surface area contributed by atoms with Gasteiger partial charge in [0, 0.05) is 23.8 Å². The number of nitrogens with one attached hydrogen (secondary N) is 1. The second-order valence-electron chi connectivity index (χ2n) is 5.76. The molecule has 2 aromatic carbocycles. The Bertz CT molecular complexity index is 845. The van der Waals surface area contributed by atoms with Crippen LogP contribution in [0.15, 0.2) is 71.9 Å². The molecule has 1 atom stereocenters. The van der Waals surface area contributed by atoms with Crippen molar-refractivity contribution in [2.24, 2.45) is 0 Å². The summed E-state index contributed by atoms with van der Waals surface area (Å²) in [6, 6.07) is 18.0. The highest BCUT2D eigenvalue weighted by Gasteiger charge is 2.15. The maximum Gasteiger partial charge on any atom is 0.233 e. The van der Waals surface area contributed by atoms with E-state index < -0.39 is 0 Å². The minimum absolute atomic E-state index is 0.0333. The van der Waals surface area contributed by atoms with Gasteiger partial charge in [-0.05, 0) is 37.6 Å². The molecular weight excluding hydrogens is 330 g/mol. The zero-order valence-corrected chi connectivity index (χ0v) is 15.2. The van der Waals surface area contributed by atoms with Gasteiger partial charge >= 0.3 is 0 Å². The Morgan fingerprint density at radius 3 is 2.60 bits per heavy atom. The molecular formula is C20H21N3OS. The lowest BCUT2D eigenvalue weighted by Gasteiger charge is -2.15. The molecule has 25 heavy (non-hydrogen) atoms. The maximum atomic E-state index is 12.4. The van der Waals surface area contributed by atoms with Crippen molar-refractivity contribution in [2.75, 3.05) is 0 Å².